The van der Waals surface area contributed by atoms with Crippen molar-refractivity contribution >= 4 is 21.6 Å². The Kier molecular flexibility index (Phi) is 4.50. The standard InChI is InChI=1S/C9H13ClN2O2S/c1-8(9-4-2-3-6-11-9)12-15(13,14)7-5-10/h2-4,6,8,12H,5,7H2,1H3. The maximum absolute atomic E-state index is 11.4. The average molecular weight is 249 g/mol. The zero-order valence-electron chi connectivity index (χ0n) is 8.35. The Labute approximate surface area is 94.7 Å². The summed E-state index contributed by atoms with van der Waals surface area (Å²) < 4.78 is 25.3. The van der Waals surface area contributed by atoms with E-state index in [9.17, 15) is 8.42 Å². The molecule has 4 nitrogen and oxygen atoms in total. The maximum atomic E-state index is 11.4. The predicted molar refractivity (Wildman–Crippen MR) is 60.3 cm³/mol. The number of rotatable bonds is 5. The second kappa shape index (κ2) is 5.44. The van der Waals surface area contributed by atoms with Gasteiger partial charge in [0.05, 0.1) is 17.5 Å². The lowest BCUT2D eigenvalue weighted by atomic mass is 10.2. The first-order valence-electron chi connectivity index (χ1n) is 4.52. The van der Waals surface area contributed by atoms with Crippen molar-refractivity contribution in [2.45, 2.75) is 13.0 Å². The van der Waals surface area contributed by atoms with Gasteiger partial charge in [0, 0.05) is 12.1 Å². The van der Waals surface area contributed by atoms with Gasteiger partial charge >= 0.3 is 0 Å². The Hall–Kier alpha value is -0.650. The number of hydrogen-bond donors (Lipinski definition) is 1. The minimum absolute atomic E-state index is 0.0776. The molecule has 1 aromatic heterocycles. The van der Waals surface area contributed by atoms with Crippen LogP contribution in [-0.4, -0.2) is 25.0 Å². The van der Waals surface area contributed by atoms with Gasteiger partial charge in [0.25, 0.3) is 0 Å². The first-order valence-corrected chi connectivity index (χ1v) is 6.71. The molecule has 0 bridgehead atoms. The Morgan fingerprint density at radius 2 is 2.27 bits per heavy atom. The summed E-state index contributed by atoms with van der Waals surface area (Å²) in [7, 11) is -3.30. The van der Waals surface area contributed by atoms with Crippen LogP contribution in [0, 0.1) is 0 Å². The molecule has 15 heavy (non-hydrogen) atoms. The Morgan fingerprint density at radius 1 is 1.53 bits per heavy atom. The van der Waals surface area contributed by atoms with Crippen molar-refractivity contribution in [3.8, 4) is 0 Å². The third-order valence-corrected chi connectivity index (χ3v) is 3.70. The second-order valence-corrected chi connectivity index (χ2v) is 5.35. The number of aromatic nitrogens is 1. The molecule has 6 heteroatoms. The lowest BCUT2D eigenvalue weighted by molar-refractivity contribution is 0.565. The van der Waals surface area contributed by atoms with Crippen molar-refractivity contribution < 1.29 is 8.42 Å². The van der Waals surface area contributed by atoms with Gasteiger partial charge in [-0.1, -0.05) is 6.07 Å². The van der Waals surface area contributed by atoms with E-state index in [1.54, 1.807) is 25.3 Å². The van der Waals surface area contributed by atoms with Gasteiger partial charge in [-0.2, -0.15) is 0 Å². The SMILES string of the molecule is CC(NS(=O)(=O)CCCl)c1ccccn1. The van der Waals surface area contributed by atoms with E-state index in [1.807, 2.05) is 6.07 Å². The van der Waals surface area contributed by atoms with Crippen molar-refractivity contribution in [1.29, 1.82) is 0 Å². The van der Waals surface area contributed by atoms with E-state index in [-0.39, 0.29) is 17.7 Å². The number of nitrogens with one attached hydrogen (secondary N) is 1. The van der Waals surface area contributed by atoms with Crippen LogP contribution in [0.1, 0.15) is 18.7 Å². The number of halogens is 1. The van der Waals surface area contributed by atoms with Crippen LogP contribution < -0.4 is 4.72 Å². The van der Waals surface area contributed by atoms with Crippen molar-refractivity contribution in [1.82, 2.24) is 9.71 Å². The fourth-order valence-corrected chi connectivity index (χ4v) is 2.71. The number of sulfonamides is 1. The van der Waals surface area contributed by atoms with Gasteiger partial charge in [0.2, 0.25) is 10.0 Å². The zero-order chi connectivity index (χ0) is 11.3. The molecule has 0 fully saturated rings. The molecular formula is C9H13ClN2O2S. The van der Waals surface area contributed by atoms with Crippen LogP contribution in [-0.2, 0) is 10.0 Å². The number of hydrogen-bond acceptors (Lipinski definition) is 3. The number of pyridine rings is 1. The van der Waals surface area contributed by atoms with Gasteiger partial charge in [-0.25, -0.2) is 13.1 Å². The molecule has 0 aliphatic carbocycles. The van der Waals surface area contributed by atoms with E-state index in [0.717, 1.165) is 0 Å². The molecular weight excluding hydrogens is 236 g/mol. The highest BCUT2D eigenvalue weighted by Crippen LogP contribution is 2.09. The smallest absolute Gasteiger partial charge is 0.213 e. The van der Waals surface area contributed by atoms with Gasteiger partial charge < -0.3 is 0 Å². The Morgan fingerprint density at radius 3 is 2.80 bits per heavy atom. The third kappa shape index (κ3) is 4.15. The van der Waals surface area contributed by atoms with E-state index in [4.69, 9.17) is 11.6 Å². The first-order chi connectivity index (χ1) is 7.05. The zero-order valence-corrected chi connectivity index (χ0v) is 9.92. The van der Waals surface area contributed by atoms with Crippen LogP contribution in [0.4, 0.5) is 0 Å². The minimum atomic E-state index is -3.30. The highest BCUT2D eigenvalue weighted by Gasteiger charge is 2.15. The van der Waals surface area contributed by atoms with Crippen LogP contribution in [0.15, 0.2) is 24.4 Å². The fourth-order valence-electron chi connectivity index (χ4n) is 1.12. The lowest BCUT2D eigenvalue weighted by Gasteiger charge is -2.12. The molecule has 0 amide bonds. The normalized spacial score (nSPS) is 13.7. The predicted octanol–water partition coefficient (Wildman–Crippen LogP) is 1.30. The van der Waals surface area contributed by atoms with Crippen LogP contribution in [0.5, 0.6) is 0 Å². The summed E-state index contributed by atoms with van der Waals surface area (Å²) in [5.74, 6) is 0.00992. The highest BCUT2D eigenvalue weighted by molar-refractivity contribution is 7.89. The summed E-state index contributed by atoms with van der Waals surface area (Å²) in [6.45, 7) is 1.74. The topological polar surface area (TPSA) is 59.1 Å². The number of alkyl halides is 1. The van der Waals surface area contributed by atoms with Gasteiger partial charge in [0.15, 0.2) is 0 Å². The molecule has 0 aliphatic heterocycles. The van der Waals surface area contributed by atoms with E-state index in [1.165, 1.54) is 0 Å². The molecule has 0 saturated heterocycles. The molecule has 0 saturated carbocycles. The molecule has 0 aliphatic rings. The van der Waals surface area contributed by atoms with Crippen molar-refractivity contribution in [3.63, 3.8) is 0 Å². The van der Waals surface area contributed by atoms with E-state index >= 15 is 0 Å². The maximum Gasteiger partial charge on any atom is 0.213 e. The van der Waals surface area contributed by atoms with Crippen molar-refractivity contribution in [2.75, 3.05) is 11.6 Å². The largest absolute Gasteiger partial charge is 0.260 e. The van der Waals surface area contributed by atoms with Crippen LogP contribution in [0.2, 0.25) is 0 Å². The molecule has 1 unspecified atom stereocenters. The summed E-state index contributed by atoms with van der Waals surface area (Å²) in [4.78, 5) is 4.06. The molecule has 1 N–H and O–H groups in total. The minimum Gasteiger partial charge on any atom is -0.260 e. The van der Waals surface area contributed by atoms with E-state index in [2.05, 4.69) is 9.71 Å². The van der Waals surface area contributed by atoms with E-state index in [0.29, 0.717) is 5.69 Å². The quantitative estimate of drug-likeness (QED) is 0.799. The highest BCUT2D eigenvalue weighted by atomic mass is 35.5. The molecule has 1 atom stereocenters. The molecule has 0 aromatic carbocycles. The molecule has 1 heterocycles. The monoisotopic (exact) mass is 248 g/mol. The molecule has 0 spiro atoms. The van der Waals surface area contributed by atoms with Crippen molar-refractivity contribution in [2.24, 2.45) is 0 Å². The van der Waals surface area contributed by atoms with E-state index < -0.39 is 10.0 Å². The molecule has 84 valence electrons. The first kappa shape index (κ1) is 12.4. The van der Waals surface area contributed by atoms with Crippen LogP contribution in [0.3, 0.4) is 0 Å². The summed E-state index contributed by atoms with van der Waals surface area (Å²) in [6, 6.07) is 5.03. The summed E-state index contributed by atoms with van der Waals surface area (Å²) in [5, 5.41) is 0. The Bertz CT molecular complexity index is 394. The number of nitrogens with zero attached hydrogens (tertiary/aromatic N) is 1. The molecule has 1 rings (SSSR count). The molecule has 1 aromatic rings. The lowest BCUT2D eigenvalue weighted by Crippen LogP contribution is -2.30. The van der Waals surface area contributed by atoms with Crippen LogP contribution >= 0.6 is 11.6 Å². The summed E-state index contributed by atoms with van der Waals surface area (Å²) in [6.07, 6.45) is 1.63. The van der Waals surface area contributed by atoms with Crippen LogP contribution in [0.25, 0.3) is 0 Å². The Balaban J connectivity index is 2.68. The third-order valence-electron chi connectivity index (χ3n) is 1.83. The van der Waals surface area contributed by atoms with Gasteiger partial charge in [-0.3, -0.25) is 4.98 Å². The summed E-state index contributed by atoms with van der Waals surface area (Å²) in [5.41, 5.74) is 0.690. The molecule has 0 radical (unpaired) electrons. The average Bonchev–Trinajstić information content (AvgIpc) is 2.18. The van der Waals surface area contributed by atoms with Crippen molar-refractivity contribution in [3.05, 3.63) is 30.1 Å². The summed E-state index contributed by atoms with van der Waals surface area (Å²) >= 11 is 5.38. The van der Waals surface area contributed by atoms with Gasteiger partial charge in [-0.05, 0) is 19.1 Å². The van der Waals surface area contributed by atoms with Gasteiger partial charge in [0.1, 0.15) is 0 Å². The fraction of sp³-hybridized carbons (Fsp3) is 0.444. The van der Waals surface area contributed by atoms with Gasteiger partial charge in [-0.15, -0.1) is 11.6 Å². The second-order valence-electron chi connectivity index (χ2n) is 3.10.